The van der Waals surface area contributed by atoms with Gasteiger partial charge in [0.25, 0.3) is 0 Å². The molecular weight excluding hydrogens is 460 g/mol. The van der Waals surface area contributed by atoms with Gasteiger partial charge < -0.3 is 4.98 Å². The van der Waals surface area contributed by atoms with E-state index < -0.39 is 0 Å². The number of rotatable bonds is 5. The Labute approximate surface area is 224 Å². The molecular formula is C36H30N2. The van der Waals surface area contributed by atoms with Crippen molar-refractivity contribution in [2.75, 3.05) is 0 Å². The van der Waals surface area contributed by atoms with Gasteiger partial charge in [-0.25, -0.2) is 4.99 Å². The molecule has 2 heteroatoms. The van der Waals surface area contributed by atoms with E-state index in [2.05, 4.69) is 141 Å². The van der Waals surface area contributed by atoms with Gasteiger partial charge >= 0.3 is 0 Å². The first-order valence-electron chi connectivity index (χ1n) is 13.1. The van der Waals surface area contributed by atoms with Crippen LogP contribution < -0.4 is 0 Å². The summed E-state index contributed by atoms with van der Waals surface area (Å²) in [6.45, 7) is 6.43. The van der Waals surface area contributed by atoms with Gasteiger partial charge in [0, 0.05) is 22.5 Å². The van der Waals surface area contributed by atoms with Crippen molar-refractivity contribution in [1.29, 1.82) is 0 Å². The number of nitrogens with one attached hydrogen (secondary N) is 1. The molecule has 6 rings (SSSR count). The minimum Gasteiger partial charge on any atom is -0.359 e. The van der Waals surface area contributed by atoms with Gasteiger partial charge in [0.05, 0.1) is 11.4 Å². The van der Waals surface area contributed by atoms with E-state index in [-0.39, 0.29) is 0 Å². The number of aryl methyl sites for hydroxylation is 2. The fourth-order valence-corrected chi connectivity index (χ4v) is 5.25. The lowest BCUT2D eigenvalue weighted by Gasteiger charge is -2.10. The van der Waals surface area contributed by atoms with Gasteiger partial charge in [0.15, 0.2) is 0 Å². The molecule has 0 fully saturated rings. The molecule has 1 aromatic heterocycles. The van der Waals surface area contributed by atoms with E-state index in [0.717, 1.165) is 39.5 Å². The van der Waals surface area contributed by atoms with Gasteiger partial charge in [-0.2, -0.15) is 0 Å². The molecule has 1 N–H and O–H groups in total. The maximum atomic E-state index is 5.21. The summed E-state index contributed by atoms with van der Waals surface area (Å²) in [5.74, 6) is 0. The maximum Gasteiger partial charge on any atom is 0.0766 e. The summed E-state index contributed by atoms with van der Waals surface area (Å²) >= 11 is 0. The first kappa shape index (κ1) is 23.7. The van der Waals surface area contributed by atoms with Gasteiger partial charge in [0.2, 0.25) is 0 Å². The van der Waals surface area contributed by atoms with E-state index in [1.807, 2.05) is 6.07 Å². The zero-order chi connectivity index (χ0) is 26.1. The van der Waals surface area contributed by atoms with E-state index in [0.29, 0.717) is 0 Å². The Kier molecular flexibility index (Phi) is 6.23. The number of aromatic nitrogens is 1. The van der Waals surface area contributed by atoms with Crippen molar-refractivity contribution < 1.29 is 0 Å². The van der Waals surface area contributed by atoms with Crippen molar-refractivity contribution in [2.24, 2.45) is 4.99 Å². The predicted molar refractivity (Wildman–Crippen MR) is 161 cm³/mol. The molecule has 0 aliphatic carbocycles. The second-order valence-corrected chi connectivity index (χ2v) is 9.93. The highest BCUT2D eigenvalue weighted by Crippen LogP contribution is 2.37. The van der Waals surface area contributed by atoms with E-state index in [4.69, 9.17) is 4.99 Å². The third kappa shape index (κ3) is 4.57. The molecule has 0 unspecified atom stereocenters. The summed E-state index contributed by atoms with van der Waals surface area (Å²) in [5.41, 5.74) is 15.0. The van der Waals surface area contributed by atoms with E-state index in [9.17, 15) is 0 Å². The van der Waals surface area contributed by atoms with Crippen LogP contribution >= 0.6 is 0 Å². The largest absolute Gasteiger partial charge is 0.359 e. The minimum atomic E-state index is 0.988. The molecule has 0 saturated heterocycles. The highest BCUT2D eigenvalue weighted by atomic mass is 14.8. The van der Waals surface area contributed by atoms with Crippen LogP contribution in [0.1, 0.15) is 35.0 Å². The Morgan fingerprint density at radius 1 is 0.579 bits per heavy atom. The Morgan fingerprint density at radius 3 is 1.55 bits per heavy atom. The van der Waals surface area contributed by atoms with Crippen LogP contribution in [-0.4, -0.2) is 10.7 Å². The van der Waals surface area contributed by atoms with Crippen LogP contribution in [0, 0.1) is 13.8 Å². The molecule has 184 valence electrons. The van der Waals surface area contributed by atoms with Crippen molar-refractivity contribution in [1.82, 2.24) is 4.98 Å². The molecule has 0 radical (unpaired) electrons. The van der Waals surface area contributed by atoms with Crippen LogP contribution in [0.3, 0.4) is 0 Å². The third-order valence-corrected chi connectivity index (χ3v) is 7.24. The van der Waals surface area contributed by atoms with Crippen LogP contribution in [0.15, 0.2) is 132 Å². The number of nitrogens with zero attached hydrogens (tertiary/aromatic N) is 1. The first-order valence-corrected chi connectivity index (χ1v) is 13.1. The fourth-order valence-electron chi connectivity index (χ4n) is 5.25. The Bertz CT molecular complexity index is 1680. The molecule has 2 nitrogen and oxygen atoms in total. The smallest absolute Gasteiger partial charge is 0.0766 e. The zero-order valence-electron chi connectivity index (χ0n) is 22.0. The monoisotopic (exact) mass is 490 g/mol. The number of hydrogen-bond donors (Lipinski definition) is 1. The molecule has 0 atom stereocenters. The standard InChI is InChI=1S/C36H30N2/c1-24-22-25(2)37-35(24)26(3)36-33(31-18-14-29(15-19-31)27-10-6-4-7-11-27)23-34(38-36)32-20-16-30(17-21-32)28-12-8-5-9-13-28/h4-23,37H,1-3H3/b36-26-. The van der Waals surface area contributed by atoms with Gasteiger partial charge in [-0.05, 0) is 71.9 Å². The lowest BCUT2D eigenvalue weighted by molar-refractivity contribution is 1.21. The summed E-state index contributed by atoms with van der Waals surface area (Å²) in [6, 6.07) is 40.7. The van der Waals surface area contributed by atoms with Crippen molar-refractivity contribution in [3.8, 4) is 22.3 Å². The Morgan fingerprint density at radius 2 is 1.05 bits per heavy atom. The summed E-state index contributed by atoms with van der Waals surface area (Å²) in [7, 11) is 0. The summed E-state index contributed by atoms with van der Waals surface area (Å²) in [6.07, 6.45) is 2.24. The lowest BCUT2D eigenvalue weighted by atomic mass is 9.95. The average molecular weight is 491 g/mol. The molecule has 4 aromatic carbocycles. The van der Waals surface area contributed by atoms with Crippen LogP contribution in [0.4, 0.5) is 0 Å². The summed E-state index contributed by atoms with van der Waals surface area (Å²) in [4.78, 5) is 8.76. The van der Waals surface area contributed by atoms with Gasteiger partial charge in [-0.1, -0.05) is 109 Å². The van der Waals surface area contributed by atoms with Crippen LogP contribution in [0.2, 0.25) is 0 Å². The number of hydrogen-bond acceptors (Lipinski definition) is 1. The molecule has 0 spiro atoms. The zero-order valence-corrected chi connectivity index (χ0v) is 22.0. The molecule has 0 saturated carbocycles. The minimum absolute atomic E-state index is 0.988. The Balaban J connectivity index is 1.42. The highest BCUT2D eigenvalue weighted by molar-refractivity contribution is 6.19. The SMILES string of the molecule is C/C(=C1/N=C(c2ccc(-c3ccccc3)cc2)C=C1c1ccc(-c2ccccc2)cc1)c1[nH]c(C)cc1C. The second-order valence-electron chi connectivity index (χ2n) is 9.93. The topological polar surface area (TPSA) is 28.1 Å². The lowest BCUT2D eigenvalue weighted by Crippen LogP contribution is -1.93. The number of aromatic amines is 1. The molecule has 0 bridgehead atoms. The normalized spacial score (nSPS) is 14.3. The van der Waals surface area contributed by atoms with E-state index in [1.54, 1.807) is 0 Å². The number of aliphatic imine (C=N–C) groups is 1. The molecule has 5 aromatic rings. The van der Waals surface area contributed by atoms with Crippen molar-refractivity contribution in [3.05, 3.63) is 155 Å². The van der Waals surface area contributed by atoms with Crippen molar-refractivity contribution in [3.63, 3.8) is 0 Å². The number of H-pyrrole nitrogens is 1. The quantitative estimate of drug-likeness (QED) is 0.254. The fraction of sp³-hybridized carbons (Fsp3) is 0.0833. The summed E-state index contributed by atoms with van der Waals surface area (Å²) in [5, 5.41) is 0. The Hall–Kier alpha value is -4.69. The molecule has 0 amide bonds. The first-order chi connectivity index (χ1) is 18.6. The number of allylic oxidation sites excluding steroid dienone is 3. The highest BCUT2D eigenvalue weighted by Gasteiger charge is 2.21. The van der Waals surface area contributed by atoms with Gasteiger partial charge in [0.1, 0.15) is 0 Å². The molecule has 1 aliphatic heterocycles. The second kappa shape index (κ2) is 9.99. The molecule has 1 aliphatic rings. The molecule has 38 heavy (non-hydrogen) atoms. The van der Waals surface area contributed by atoms with Crippen molar-refractivity contribution >= 4 is 16.9 Å². The summed E-state index contributed by atoms with van der Waals surface area (Å²) < 4.78 is 0. The molecule has 2 heterocycles. The predicted octanol–water partition coefficient (Wildman–Crippen LogP) is 9.28. The van der Waals surface area contributed by atoms with Crippen molar-refractivity contribution in [2.45, 2.75) is 20.8 Å². The van der Waals surface area contributed by atoms with Gasteiger partial charge in [-0.3, -0.25) is 0 Å². The van der Waals surface area contributed by atoms with Crippen LogP contribution in [0.5, 0.6) is 0 Å². The van der Waals surface area contributed by atoms with E-state index in [1.165, 1.54) is 33.4 Å². The average Bonchev–Trinajstić information content (AvgIpc) is 3.57. The third-order valence-electron chi connectivity index (χ3n) is 7.24. The maximum absolute atomic E-state index is 5.21. The van der Waals surface area contributed by atoms with Gasteiger partial charge in [-0.15, -0.1) is 0 Å². The van der Waals surface area contributed by atoms with E-state index >= 15 is 0 Å². The van der Waals surface area contributed by atoms with Crippen LogP contribution in [0.25, 0.3) is 33.4 Å². The van der Waals surface area contributed by atoms with Crippen LogP contribution in [-0.2, 0) is 0 Å². The number of benzene rings is 4.